The van der Waals surface area contributed by atoms with Crippen molar-refractivity contribution in [2.24, 2.45) is 0 Å². The molecule has 2 N–H and O–H groups in total. The van der Waals surface area contributed by atoms with Crippen LogP contribution < -0.4 is 4.90 Å². The third-order valence-electron chi connectivity index (χ3n) is 5.25. The highest BCUT2D eigenvalue weighted by Gasteiger charge is 2.33. The molecular formula is C20H23N5O3. The number of aromatic amines is 1. The zero-order valence-electron chi connectivity index (χ0n) is 16.1. The monoisotopic (exact) mass is 381 g/mol. The molecule has 0 aromatic carbocycles. The second-order valence-electron chi connectivity index (χ2n) is 7.58. The zero-order chi connectivity index (χ0) is 19.9. The van der Waals surface area contributed by atoms with Crippen molar-refractivity contribution in [3.63, 3.8) is 0 Å². The molecule has 0 bridgehead atoms. The van der Waals surface area contributed by atoms with Crippen LogP contribution in [0, 0.1) is 0 Å². The van der Waals surface area contributed by atoms with Gasteiger partial charge in [-0.2, -0.15) is 0 Å². The Balaban J connectivity index is 1.92. The average Bonchev–Trinajstić information content (AvgIpc) is 3.16. The van der Waals surface area contributed by atoms with Crippen LogP contribution in [0.3, 0.4) is 0 Å². The molecule has 0 aliphatic carbocycles. The third-order valence-corrected chi connectivity index (χ3v) is 5.25. The fourth-order valence-corrected chi connectivity index (χ4v) is 3.36. The third kappa shape index (κ3) is 3.09. The van der Waals surface area contributed by atoms with Crippen LogP contribution in [0.1, 0.15) is 26.5 Å². The van der Waals surface area contributed by atoms with Gasteiger partial charge in [0.25, 0.3) is 0 Å². The molecule has 1 aliphatic rings. The molecule has 28 heavy (non-hydrogen) atoms. The smallest absolute Gasteiger partial charge is 0.315 e. The second kappa shape index (κ2) is 6.87. The van der Waals surface area contributed by atoms with Crippen molar-refractivity contribution < 1.29 is 14.6 Å². The Hall–Kier alpha value is -3.00. The van der Waals surface area contributed by atoms with Crippen molar-refractivity contribution in [2.75, 3.05) is 24.7 Å². The maximum Gasteiger partial charge on any atom is 0.315 e. The van der Waals surface area contributed by atoms with Crippen LogP contribution in [0.4, 0.5) is 5.82 Å². The van der Waals surface area contributed by atoms with Crippen molar-refractivity contribution in [3.8, 4) is 11.4 Å². The number of carboxylic acids is 1. The number of rotatable bonds is 4. The van der Waals surface area contributed by atoms with Gasteiger partial charge >= 0.3 is 5.97 Å². The maximum atomic E-state index is 11.9. The summed E-state index contributed by atoms with van der Waals surface area (Å²) in [5.74, 6) is 0.276. The SMILES string of the molecule is CC1COCCN1c1cc(C(C)(C)C(=O)O)nc(-c2ccnc3[nH]ccc23)n1. The van der Waals surface area contributed by atoms with Crippen LogP contribution in [0.2, 0.25) is 0 Å². The molecule has 146 valence electrons. The maximum absolute atomic E-state index is 11.9. The Bertz CT molecular complexity index is 1030. The van der Waals surface area contributed by atoms with Crippen LogP contribution in [-0.2, 0) is 14.9 Å². The lowest BCUT2D eigenvalue weighted by molar-refractivity contribution is -0.142. The molecular weight excluding hydrogens is 358 g/mol. The largest absolute Gasteiger partial charge is 0.481 e. The first-order valence-electron chi connectivity index (χ1n) is 9.27. The van der Waals surface area contributed by atoms with Crippen molar-refractivity contribution in [2.45, 2.75) is 32.2 Å². The van der Waals surface area contributed by atoms with Gasteiger partial charge in [-0.15, -0.1) is 0 Å². The number of aliphatic carboxylic acids is 1. The van der Waals surface area contributed by atoms with E-state index in [4.69, 9.17) is 9.72 Å². The fourth-order valence-electron chi connectivity index (χ4n) is 3.36. The van der Waals surface area contributed by atoms with Crippen LogP contribution in [0.5, 0.6) is 0 Å². The van der Waals surface area contributed by atoms with E-state index in [-0.39, 0.29) is 6.04 Å². The summed E-state index contributed by atoms with van der Waals surface area (Å²) in [6, 6.07) is 5.71. The molecule has 4 heterocycles. The Morgan fingerprint density at radius 2 is 2.18 bits per heavy atom. The minimum Gasteiger partial charge on any atom is -0.481 e. The molecule has 3 aromatic rings. The van der Waals surface area contributed by atoms with Gasteiger partial charge in [-0.05, 0) is 32.9 Å². The summed E-state index contributed by atoms with van der Waals surface area (Å²) in [6.07, 6.45) is 3.51. The van der Waals surface area contributed by atoms with Crippen LogP contribution in [0.25, 0.3) is 22.4 Å². The second-order valence-corrected chi connectivity index (χ2v) is 7.58. The summed E-state index contributed by atoms with van der Waals surface area (Å²) in [6.45, 7) is 7.30. The summed E-state index contributed by atoms with van der Waals surface area (Å²) in [4.78, 5) is 30.9. The van der Waals surface area contributed by atoms with Crippen molar-refractivity contribution in [1.82, 2.24) is 19.9 Å². The van der Waals surface area contributed by atoms with E-state index >= 15 is 0 Å². The van der Waals surface area contributed by atoms with Gasteiger partial charge in [-0.1, -0.05) is 0 Å². The van der Waals surface area contributed by atoms with E-state index in [1.54, 1.807) is 26.1 Å². The number of anilines is 1. The standard InChI is InChI=1S/C20H23N5O3/c1-12-11-28-9-8-25(12)16-10-15(20(2,3)19(26)27)23-18(24-16)14-5-7-22-17-13(14)4-6-21-17/h4-7,10,12H,8-9,11H2,1-3H3,(H,21,22)(H,26,27). The number of nitrogens with one attached hydrogen (secondary N) is 1. The topological polar surface area (TPSA) is 104 Å². The first-order valence-corrected chi connectivity index (χ1v) is 9.27. The number of hydrogen-bond donors (Lipinski definition) is 2. The average molecular weight is 381 g/mol. The van der Waals surface area contributed by atoms with E-state index in [1.807, 2.05) is 18.3 Å². The molecule has 8 nitrogen and oxygen atoms in total. The van der Waals surface area contributed by atoms with Gasteiger partial charge in [-0.3, -0.25) is 4.79 Å². The predicted molar refractivity (Wildman–Crippen MR) is 105 cm³/mol. The minimum absolute atomic E-state index is 0.141. The normalized spacial score (nSPS) is 17.8. The first-order chi connectivity index (χ1) is 13.4. The lowest BCUT2D eigenvalue weighted by Gasteiger charge is -2.35. The van der Waals surface area contributed by atoms with Crippen LogP contribution in [-0.4, -0.2) is 56.8 Å². The number of nitrogens with zero attached hydrogens (tertiary/aromatic N) is 4. The Morgan fingerprint density at radius 3 is 2.93 bits per heavy atom. The van der Waals surface area contributed by atoms with Gasteiger partial charge in [0, 0.05) is 36.0 Å². The fraction of sp³-hybridized carbons (Fsp3) is 0.400. The molecule has 4 rings (SSSR count). The van der Waals surface area contributed by atoms with Gasteiger partial charge in [0.15, 0.2) is 5.82 Å². The minimum atomic E-state index is -1.15. The molecule has 0 radical (unpaired) electrons. The number of fused-ring (bicyclic) bond motifs is 1. The quantitative estimate of drug-likeness (QED) is 0.716. The van der Waals surface area contributed by atoms with Gasteiger partial charge in [0.05, 0.1) is 24.9 Å². The molecule has 1 unspecified atom stereocenters. The Labute approximate surface area is 162 Å². The van der Waals surface area contributed by atoms with Gasteiger partial charge < -0.3 is 19.7 Å². The molecule has 0 amide bonds. The predicted octanol–water partition coefficient (Wildman–Crippen LogP) is 2.61. The lowest BCUT2D eigenvalue weighted by Crippen LogP contribution is -2.44. The summed E-state index contributed by atoms with van der Waals surface area (Å²) in [5.41, 5.74) is 0.882. The summed E-state index contributed by atoms with van der Waals surface area (Å²) >= 11 is 0. The van der Waals surface area contributed by atoms with Crippen LogP contribution in [0.15, 0.2) is 30.6 Å². The number of carbonyl (C=O) groups is 1. The van der Waals surface area contributed by atoms with E-state index < -0.39 is 11.4 Å². The number of H-pyrrole nitrogens is 1. The lowest BCUT2D eigenvalue weighted by atomic mass is 9.89. The van der Waals surface area contributed by atoms with E-state index in [2.05, 4.69) is 26.8 Å². The highest BCUT2D eigenvalue weighted by molar-refractivity contribution is 5.91. The number of hydrogen-bond acceptors (Lipinski definition) is 6. The molecule has 8 heteroatoms. The first kappa shape index (κ1) is 18.4. The molecule has 0 saturated carbocycles. The molecule has 1 fully saturated rings. The highest BCUT2D eigenvalue weighted by atomic mass is 16.5. The number of carboxylic acid groups (broad SMARTS) is 1. The molecule has 1 atom stereocenters. The zero-order valence-corrected chi connectivity index (χ0v) is 16.1. The molecule has 1 saturated heterocycles. The Kier molecular flexibility index (Phi) is 4.50. The van der Waals surface area contributed by atoms with E-state index in [0.29, 0.717) is 37.1 Å². The summed E-state index contributed by atoms with van der Waals surface area (Å²) in [7, 11) is 0. The Morgan fingerprint density at radius 1 is 1.36 bits per heavy atom. The van der Waals surface area contributed by atoms with E-state index in [9.17, 15) is 9.90 Å². The number of ether oxygens (including phenoxy) is 1. The number of aromatic nitrogens is 4. The van der Waals surface area contributed by atoms with Gasteiger partial charge in [-0.25, -0.2) is 15.0 Å². The van der Waals surface area contributed by atoms with Crippen molar-refractivity contribution >= 4 is 22.8 Å². The molecule has 0 spiro atoms. The molecule has 3 aromatic heterocycles. The van der Waals surface area contributed by atoms with E-state index in [0.717, 1.165) is 16.6 Å². The summed E-state index contributed by atoms with van der Waals surface area (Å²) < 4.78 is 5.54. The van der Waals surface area contributed by atoms with Gasteiger partial charge in [0.1, 0.15) is 16.9 Å². The van der Waals surface area contributed by atoms with Crippen LogP contribution >= 0.6 is 0 Å². The molecule has 1 aliphatic heterocycles. The number of morpholine rings is 1. The van der Waals surface area contributed by atoms with Crippen molar-refractivity contribution in [1.29, 1.82) is 0 Å². The highest BCUT2D eigenvalue weighted by Crippen LogP contribution is 2.31. The van der Waals surface area contributed by atoms with Gasteiger partial charge in [0.2, 0.25) is 0 Å². The van der Waals surface area contributed by atoms with E-state index in [1.165, 1.54) is 0 Å². The van der Waals surface area contributed by atoms with Crippen molar-refractivity contribution in [3.05, 3.63) is 36.3 Å². The number of pyridine rings is 1. The summed E-state index contributed by atoms with van der Waals surface area (Å²) in [5, 5.41) is 10.6.